The Balaban J connectivity index is 1.69. The predicted octanol–water partition coefficient (Wildman–Crippen LogP) is 2.06. The van der Waals surface area contributed by atoms with Gasteiger partial charge in [-0.2, -0.15) is 18.3 Å². The number of hydrogen-bond donors (Lipinski definition) is 3. The lowest BCUT2D eigenvalue weighted by Gasteiger charge is -2.24. The fraction of sp³-hybridized carbons (Fsp3) is 0.391. The van der Waals surface area contributed by atoms with E-state index in [0.29, 0.717) is 0 Å². The minimum atomic E-state index is -4.76. The highest BCUT2D eigenvalue weighted by Gasteiger charge is 2.41. The van der Waals surface area contributed by atoms with Gasteiger partial charge in [-0.3, -0.25) is 9.59 Å². The second kappa shape index (κ2) is 9.18. The molecule has 4 N–H and O–H groups in total. The number of nitrogens with two attached hydrogens (primary N) is 1. The van der Waals surface area contributed by atoms with Crippen LogP contribution >= 0.6 is 0 Å². The van der Waals surface area contributed by atoms with Crippen molar-refractivity contribution in [2.75, 3.05) is 25.9 Å². The number of rotatable bonds is 5. The smallest absolute Gasteiger partial charge is 0.418 e. The third-order valence-electron chi connectivity index (χ3n) is 5.96. The summed E-state index contributed by atoms with van der Waals surface area (Å²) in [6.45, 7) is 2.08. The molecule has 1 saturated heterocycles. The third-order valence-corrected chi connectivity index (χ3v) is 5.96. The van der Waals surface area contributed by atoms with Crippen LogP contribution in [0.1, 0.15) is 29.8 Å². The number of methoxy groups -OCH3 is 1. The molecule has 0 aliphatic carbocycles. The number of carbonyl (C=O) groups excluding carboxylic acids is 2. The maximum Gasteiger partial charge on any atom is 0.418 e. The van der Waals surface area contributed by atoms with Crippen molar-refractivity contribution in [3.8, 4) is 17.0 Å². The number of amides is 2. The number of anilines is 1. The Morgan fingerprint density at radius 2 is 1.89 bits per heavy atom. The number of aliphatic hydroxyl groups is 1. The lowest BCUT2D eigenvalue weighted by atomic mass is 10.1. The van der Waals surface area contributed by atoms with Crippen LogP contribution in [0.3, 0.4) is 0 Å². The Labute approximate surface area is 208 Å². The quantitative estimate of drug-likeness (QED) is 0.435. The normalized spacial score (nSPS) is 18.3. The highest BCUT2D eigenvalue weighted by Crippen LogP contribution is 2.39. The van der Waals surface area contributed by atoms with E-state index in [2.05, 4.69) is 15.4 Å². The SMILES string of the molecule is COc1cc(C(=O)N[C@@H]2CN(C(=O)C(C)(C)O)C[C@@H]2F)cc(-c2cc(C(F)(F)F)c3c(N)ncnn23)c1. The van der Waals surface area contributed by atoms with E-state index in [4.69, 9.17) is 10.5 Å². The van der Waals surface area contributed by atoms with Crippen molar-refractivity contribution in [2.45, 2.75) is 37.8 Å². The van der Waals surface area contributed by atoms with Gasteiger partial charge >= 0.3 is 6.18 Å². The maximum absolute atomic E-state index is 14.6. The number of hydrogen-bond acceptors (Lipinski definition) is 7. The van der Waals surface area contributed by atoms with Gasteiger partial charge in [-0.25, -0.2) is 13.9 Å². The first-order chi connectivity index (χ1) is 17.2. The fourth-order valence-electron chi connectivity index (χ4n) is 4.19. The van der Waals surface area contributed by atoms with Crippen LogP contribution in [0.25, 0.3) is 16.8 Å². The summed E-state index contributed by atoms with van der Waals surface area (Å²) in [6, 6.07) is 3.83. The van der Waals surface area contributed by atoms with E-state index in [1.54, 1.807) is 0 Å². The van der Waals surface area contributed by atoms with Crippen molar-refractivity contribution >= 4 is 23.1 Å². The van der Waals surface area contributed by atoms with Gasteiger partial charge in [-0.1, -0.05) is 0 Å². The van der Waals surface area contributed by atoms with Gasteiger partial charge in [0.15, 0.2) is 5.82 Å². The van der Waals surface area contributed by atoms with Gasteiger partial charge in [0.25, 0.3) is 11.8 Å². The Morgan fingerprint density at radius 3 is 2.51 bits per heavy atom. The van der Waals surface area contributed by atoms with Crippen molar-refractivity contribution in [2.24, 2.45) is 0 Å². The maximum atomic E-state index is 14.6. The van der Waals surface area contributed by atoms with Crippen LogP contribution in [0.2, 0.25) is 0 Å². The minimum absolute atomic E-state index is 0.0284. The number of benzene rings is 1. The van der Waals surface area contributed by atoms with E-state index in [9.17, 15) is 32.3 Å². The fourth-order valence-corrected chi connectivity index (χ4v) is 4.19. The molecule has 14 heteroatoms. The first kappa shape index (κ1) is 26.1. The van der Waals surface area contributed by atoms with Gasteiger partial charge in [0, 0.05) is 17.7 Å². The number of nitrogen functional groups attached to an aromatic ring is 1. The molecule has 1 aromatic carbocycles. The van der Waals surface area contributed by atoms with Crippen molar-refractivity contribution < 1.29 is 37.0 Å². The molecule has 0 spiro atoms. The number of fused-ring (bicyclic) bond motifs is 1. The Hall–Kier alpha value is -3.94. The van der Waals surface area contributed by atoms with E-state index in [1.165, 1.54) is 39.2 Å². The van der Waals surface area contributed by atoms with Crippen molar-refractivity contribution in [3.05, 3.63) is 41.7 Å². The summed E-state index contributed by atoms with van der Waals surface area (Å²) >= 11 is 0. The zero-order chi connectivity index (χ0) is 27.3. The largest absolute Gasteiger partial charge is 0.497 e. The molecule has 1 aliphatic heterocycles. The average Bonchev–Trinajstić information content (AvgIpc) is 3.39. The van der Waals surface area contributed by atoms with E-state index >= 15 is 0 Å². The number of nitrogens with one attached hydrogen (secondary N) is 1. The molecule has 10 nitrogen and oxygen atoms in total. The number of aromatic nitrogens is 3. The van der Waals surface area contributed by atoms with Crippen molar-refractivity contribution in [3.63, 3.8) is 0 Å². The van der Waals surface area contributed by atoms with Gasteiger partial charge in [0.1, 0.15) is 29.4 Å². The molecule has 1 aliphatic rings. The third kappa shape index (κ3) is 5.01. The number of likely N-dealkylation sites (tertiary alicyclic amines) is 1. The van der Waals surface area contributed by atoms with Crippen molar-refractivity contribution in [1.82, 2.24) is 24.8 Å². The summed E-state index contributed by atoms with van der Waals surface area (Å²) in [4.78, 5) is 30.1. The van der Waals surface area contributed by atoms with Crippen LogP contribution in [0.4, 0.5) is 23.4 Å². The van der Waals surface area contributed by atoms with Crippen LogP contribution in [0.15, 0.2) is 30.6 Å². The molecule has 2 amide bonds. The van der Waals surface area contributed by atoms with Gasteiger partial charge < -0.3 is 25.8 Å². The summed E-state index contributed by atoms with van der Waals surface area (Å²) in [6.07, 6.45) is -5.35. The Bertz CT molecular complexity index is 1370. The number of nitrogens with zero attached hydrogens (tertiary/aromatic N) is 4. The topological polar surface area (TPSA) is 135 Å². The lowest BCUT2D eigenvalue weighted by Crippen LogP contribution is -2.46. The van der Waals surface area contributed by atoms with Crippen LogP contribution in [-0.4, -0.2) is 74.4 Å². The molecule has 0 saturated carbocycles. The van der Waals surface area contributed by atoms with Crippen LogP contribution < -0.4 is 15.8 Å². The Kier molecular flexibility index (Phi) is 6.48. The lowest BCUT2D eigenvalue weighted by molar-refractivity contribution is -0.146. The molecule has 1 fully saturated rings. The first-order valence-electron chi connectivity index (χ1n) is 11.1. The van der Waals surface area contributed by atoms with Gasteiger partial charge in [-0.15, -0.1) is 0 Å². The summed E-state index contributed by atoms with van der Waals surface area (Å²) < 4.78 is 62.0. The number of ether oxygens (including phenoxy) is 1. The average molecular weight is 524 g/mol. The summed E-state index contributed by atoms with van der Waals surface area (Å²) in [7, 11) is 1.31. The zero-order valence-corrected chi connectivity index (χ0v) is 20.0. The van der Waals surface area contributed by atoms with Crippen LogP contribution in [0, 0.1) is 0 Å². The van der Waals surface area contributed by atoms with E-state index in [-0.39, 0.29) is 41.5 Å². The molecule has 0 bridgehead atoms. The molecule has 3 heterocycles. The molecular weight excluding hydrogens is 500 g/mol. The summed E-state index contributed by atoms with van der Waals surface area (Å²) in [5.74, 6) is -1.65. The molecule has 2 atom stereocenters. The van der Waals surface area contributed by atoms with Crippen molar-refractivity contribution in [1.29, 1.82) is 0 Å². The molecular formula is C23H24F4N6O4. The zero-order valence-electron chi connectivity index (χ0n) is 20.0. The molecule has 2 aromatic heterocycles. The molecule has 0 radical (unpaired) electrons. The van der Waals surface area contributed by atoms with Gasteiger partial charge in [0.05, 0.1) is 31.0 Å². The predicted molar refractivity (Wildman–Crippen MR) is 123 cm³/mol. The van der Waals surface area contributed by atoms with Gasteiger partial charge in [-0.05, 0) is 38.1 Å². The number of carbonyl (C=O) groups is 2. The van der Waals surface area contributed by atoms with E-state index in [0.717, 1.165) is 21.8 Å². The highest BCUT2D eigenvalue weighted by atomic mass is 19.4. The molecule has 3 aromatic rings. The second-order valence-corrected chi connectivity index (χ2v) is 9.16. The summed E-state index contributed by atoms with van der Waals surface area (Å²) in [5, 5.41) is 16.3. The highest BCUT2D eigenvalue weighted by molar-refractivity contribution is 5.96. The standard InChI is InChI=1S/C23H24F4N6O4/c1-22(2,36)21(35)32-8-15(24)16(9-32)31-20(34)12-4-11(5-13(6-12)37-3)17-7-14(23(25,26)27)18-19(28)29-10-30-33(17)18/h4-7,10,15-16,36H,8-9H2,1-3H3,(H,31,34)(H2,28,29,30)/t15-,16+/m0/s1. The molecule has 4 rings (SSSR count). The van der Waals surface area contributed by atoms with E-state index in [1.807, 2.05) is 0 Å². The molecule has 198 valence electrons. The van der Waals surface area contributed by atoms with E-state index < -0.39 is 46.9 Å². The van der Waals surface area contributed by atoms with Gasteiger partial charge in [0.2, 0.25) is 0 Å². The Morgan fingerprint density at radius 1 is 1.19 bits per heavy atom. The van der Waals surface area contributed by atoms with Crippen LogP contribution in [-0.2, 0) is 11.0 Å². The number of alkyl halides is 4. The minimum Gasteiger partial charge on any atom is -0.497 e. The van der Waals surface area contributed by atoms with Crippen LogP contribution in [0.5, 0.6) is 5.75 Å². The molecule has 0 unspecified atom stereocenters. The monoisotopic (exact) mass is 524 g/mol. The summed E-state index contributed by atoms with van der Waals surface area (Å²) in [5.41, 5.74) is 2.58. The second-order valence-electron chi connectivity index (χ2n) is 9.16. The number of halogens is 4. The molecule has 37 heavy (non-hydrogen) atoms. The first-order valence-corrected chi connectivity index (χ1v) is 11.1.